The molecule has 4 N–H and O–H groups in total. The predicted octanol–water partition coefficient (Wildman–Crippen LogP) is 6.15. The Balaban J connectivity index is 1.84. The highest BCUT2D eigenvalue weighted by molar-refractivity contribution is 7.91. The molecule has 0 radical (unpaired) electrons. The molecule has 4 rings (SSSR count). The molecule has 0 bridgehead atoms. The lowest BCUT2D eigenvalue weighted by molar-refractivity contribution is 0.412. The monoisotopic (exact) mass is 629 g/mol. The van der Waals surface area contributed by atoms with Crippen LogP contribution in [0.2, 0.25) is 0 Å². The van der Waals surface area contributed by atoms with Gasteiger partial charge < -0.3 is 25.0 Å². The number of sulfone groups is 1. The zero-order chi connectivity index (χ0) is 31.4. The van der Waals surface area contributed by atoms with Crippen LogP contribution in [-0.4, -0.2) is 57.5 Å². The molecule has 226 valence electrons. The molecule has 0 atom stereocenters. The number of anilines is 1. The van der Waals surface area contributed by atoms with Crippen molar-refractivity contribution in [3.8, 4) is 23.0 Å². The summed E-state index contributed by atoms with van der Waals surface area (Å²) in [4.78, 5) is 0.00196. The Bertz CT molecular complexity index is 1960. The first kappa shape index (κ1) is 31.1. The molecule has 16 heteroatoms. The lowest BCUT2D eigenvalue weighted by Crippen LogP contribution is -2.13. The van der Waals surface area contributed by atoms with Gasteiger partial charge in [0.2, 0.25) is 0 Å². The van der Waals surface area contributed by atoms with Gasteiger partial charge in [-0.2, -0.15) is 8.42 Å². The number of benzene rings is 4. The molecule has 0 amide bonds. The van der Waals surface area contributed by atoms with Gasteiger partial charge in [-0.15, -0.1) is 20.5 Å². The quantitative estimate of drug-likeness (QED) is 0.110. The van der Waals surface area contributed by atoms with Crippen molar-refractivity contribution in [1.82, 2.24) is 0 Å². The van der Waals surface area contributed by atoms with Gasteiger partial charge in [-0.3, -0.25) is 4.55 Å². The molecule has 0 spiro atoms. The highest BCUT2D eigenvalue weighted by atomic mass is 32.2. The number of methoxy groups -OCH3 is 2. The highest BCUT2D eigenvalue weighted by Crippen LogP contribution is 2.44. The fourth-order valence-corrected chi connectivity index (χ4v) is 5.13. The van der Waals surface area contributed by atoms with Crippen molar-refractivity contribution >= 4 is 59.2 Å². The second kappa shape index (κ2) is 12.6. The van der Waals surface area contributed by atoms with Crippen LogP contribution < -0.4 is 14.8 Å². The Morgan fingerprint density at radius 3 is 2.14 bits per heavy atom. The molecule has 14 nitrogen and oxygen atoms in total. The standard InChI is InChI=1S/C27H27N5O9S2/c1-4-42(35,36)17-6-12-25(41-3)23(14-17)31-32-26-18-7-10-21(29-30-22-13-16(40-2)5-11-24(22)33)27(34)19(18)8-9-20(26)28-15-43(37,38)39/h5-14,28,33-34H,4,15H2,1-3H3,(H,37,38,39)/b30-29+,32-31+. The first-order valence-corrected chi connectivity index (χ1v) is 15.7. The maximum absolute atomic E-state index is 12.4. The number of hydrogen-bond acceptors (Lipinski definition) is 13. The molecule has 0 unspecified atom stereocenters. The number of azo groups is 2. The van der Waals surface area contributed by atoms with E-state index < -0.39 is 25.8 Å². The van der Waals surface area contributed by atoms with E-state index in [1.165, 1.54) is 75.7 Å². The molecular formula is C27H27N5O9S2. The zero-order valence-corrected chi connectivity index (χ0v) is 24.7. The summed E-state index contributed by atoms with van der Waals surface area (Å²) >= 11 is 0. The molecule has 4 aromatic rings. The third kappa shape index (κ3) is 7.17. The van der Waals surface area contributed by atoms with Crippen LogP contribution in [0.4, 0.5) is 28.4 Å². The smallest absolute Gasteiger partial charge is 0.283 e. The molecule has 0 saturated carbocycles. The van der Waals surface area contributed by atoms with Crippen LogP contribution >= 0.6 is 0 Å². The van der Waals surface area contributed by atoms with Gasteiger partial charge in [0, 0.05) is 16.8 Å². The van der Waals surface area contributed by atoms with Crippen LogP contribution in [0.3, 0.4) is 0 Å². The van der Waals surface area contributed by atoms with Gasteiger partial charge in [0.15, 0.2) is 15.6 Å². The first-order valence-electron chi connectivity index (χ1n) is 12.5. The summed E-state index contributed by atoms with van der Waals surface area (Å²) in [7, 11) is -5.18. The van der Waals surface area contributed by atoms with Gasteiger partial charge in [0.05, 0.1) is 30.6 Å². The van der Waals surface area contributed by atoms with Gasteiger partial charge >= 0.3 is 0 Å². The van der Waals surface area contributed by atoms with Crippen molar-refractivity contribution in [1.29, 1.82) is 0 Å². The number of ether oxygens (including phenoxy) is 2. The molecule has 0 aliphatic rings. The number of nitrogens with one attached hydrogen (secondary N) is 1. The van der Waals surface area contributed by atoms with Crippen molar-refractivity contribution in [3.63, 3.8) is 0 Å². The van der Waals surface area contributed by atoms with E-state index in [4.69, 9.17) is 9.47 Å². The molecule has 43 heavy (non-hydrogen) atoms. The second-order valence-electron chi connectivity index (χ2n) is 8.88. The first-order chi connectivity index (χ1) is 20.4. The second-order valence-corrected chi connectivity index (χ2v) is 12.6. The maximum Gasteiger partial charge on any atom is 0.283 e. The average molecular weight is 630 g/mol. The molecular weight excluding hydrogens is 602 g/mol. The Morgan fingerprint density at radius 1 is 0.767 bits per heavy atom. The van der Waals surface area contributed by atoms with Crippen LogP contribution in [0.15, 0.2) is 86.0 Å². The van der Waals surface area contributed by atoms with Crippen molar-refractivity contribution in [2.24, 2.45) is 20.5 Å². The number of phenols is 2. The van der Waals surface area contributed by atoms with Gasteiger partial charge in [0.1, 0.15) is 45.9 Å². The Kier molecular flexibility index (Phi) is 9.13. The summed E-state index contributed by atoms with van der Waals surface area (Å²) < 4.78 is 67.4. The van der Waals surface area contributed by atoms with E-state index in [1.807, 2.05) is 0 Å². The lowest BCUT2D eigenvalue weighted by Gasteiger charge is -2.12. The van der Waals surface area contributed by atoms with Crippen molar-refractivity contribution in [3.05, 3.63) is 60.7 Å². The number of hydrogen-bond donors (Lipinski definition) is 4. The van der Waals surface area contributed by atoms with Crippen molar-refractivity contribution in [2.45, 2.75) is 11.8 Å². The van der Waals surface area contributed by atoms with Crippen LogP contribution in [0.5, 0.6) is 23.0 Å². The van der Waals surface area contributed by atoms with Crippen molar-refractivity contribution < 1.29 is 41.1 Å². The Labute approximate surface area is 247 Å². The number of phenolic OH excluding ortho intramolecular Hbond substituents is 2. The third-order valence-corrected chi connectivity index (χ3v) is 8.40. The number of nitrogens with zero attached hydrogens (tertiary/aromatic N) is 4. The fraction of sp³-hybridized carbons (Fsp3) is 0.185. The van der Waals surface area contributed by atoms with Crippen LogP contribution in [0, 0.1) is 0 Å². The Morgan fingerprint density at radius 2 is 1.47 bits per heavy atom. The summed E-state index contributed by atoms with van der Waals surface area (Å²) in [6.07, 6.45) is 0. The Hall–Kier alpha value is -4.80. The summed E-state index contributed by atoms with van der Waals surface area (Å²) in [5.74, 6) is -0.805. The molecule has 4 aromatic carbocycles. The van der Waals surface area contributed by atoms with Crippen molar-refractivity contribution in [2.75, 3.05) is 31.2 Å². The maximum atomic E-state index is 12.4. The van der Waals surface area contributed by atoms with E-state index in [0.29, 0.717) is 11.1 Å². The predicted molar refractivity (Wildman–Crippen MR) is 159 cm³/mol. The van der Waals surface area contributed by atoms with Gasteiger partial charge in [-0.25, -0.2) is 8.42 Å². The molecule has 0 heterocycles. The van der Waals surface area contributed by atoms with E-state index in [2.05, 4.69) is 25.8 Å². The summed E-state index contributed by atoms with van der Waals surface area (Å²) in [6.45, 7) is 1.50. The van der Waals surface area contributed by atoms with Crippen LogP contribution in [0.25, 0.3) is 10.8 Å². The van der Waals surface area contributed by atoms with E-state index in [0.717, 1.165) is 0 Å². The molecule has 0 aliphatic heterocycles. The minimum atomic E-state index is -4.43. The van der Waals surface area contributed by atoms with Crippen LogP contribution in [-0.2, 0) is 20.0 Å². The minimum Gasteiger partial charge on any atom is -0.506 e. The topological polar surface area (TPSA) is 209 Å². The van der Waals surface area contributed by atoms with E-state index >= 15 is 0 Å². The minimum absolute atomic E-state index is 0.00196. The van der Waals surface area contributed by atoms with E-state index in [-0.39, 0.29) is 61.7 Å². The van der Waals surface area contributed by atoms with Crippen LogP contribution in [0.1, 0.15) is 6.92 Å². The largest absolute Gasteiger partial charge is 0.506 e. The average Bonchev–Trinajstić information content (AvgIpc) is 2.98. The van der Waals surface area contributed by atoms with Gasteiger partial charge in [-0.1, -0.05) is 6.92 Å². The summed E-state index contributed by atoms with van der Waals surface area (Å²) in [5, 5.41) is 40.7. The van der Waals surface area contributed by atoms with Gasteiger partial charge in [0.25, 0.3) is 10.1 Å². The molecule has 0 fully saturated rings. The fourth-order valence-electron chi connectivity index (χ4n) is 3.89. The molecule has 0 saturated heterocycles. The highest BCUT2D eigenvalue weighted by Gasteiger charge is 2.17. The van der Waals surface area contributed by atoms with Gasteiger partial charge in [-0.05, 0) is 54.6 Å². The van der Waals surface area contributed by atoms with E-state index in [1.54, 1.807) is 6.07 Å². The van der Waals surface area contributed by atoms with E-state index in [9.17, 15) is 31.6 Å². The number of fused-ring (bicyclic) bond motifs is 1. The molecule has 0 aromatic heterocycles. The summed E-state index contributed by atoms with van der Waals surface area (Å²) in [5.41, 5.74) is 0.383. The third-order valence-electron chi connectivity index (χ3n) is 6.16. The zero-order valence-electron chi connectivity index (χ0n) is 23.1. The molecule has 0 aliphatic carbocycles. The SMILES string of the molecule is CCS(=O)(=O)c1ccc(OC)c(/N=N/c2c(NCS(=O)(=O)O)ccc3c(O)c(/N=N/c4cc(OC)ccc4O)ccc23)c1. The normalized spacial score (nSPS) is 12.3. The number of aromatic hydroxyl groups is 2. The number of rotatable bonds is 11. The lowest BCUT2D eigenvalue weighted by atomic mass is 10.1. The summed E-state index contributed by atoms with van der Waals surface area (Å²) in [6, 6.07) is 14.3.